The van der Waals surface area contributed by atoms with Crippen molar-refractivity contribution in [3.05, 3.63) is 15.7 Å². The van der Waals surface area contributed by atoms with Crippen LogP contribution in [0.25, 0.3) is 6.08 Å². The highest BCUT2D eigenvalue weighted by Gasteiger charge is 2.21. The van der Waals surface area contributed by atoms with Gasteiger partial charge in [-0.2, -0.15) is 4.98 Å². The van der Waals surface area contributed by atoms with Crippen LogP contribution in [0.15, 0.2) is 4.48 Å². The maximum absolute atomic E-state index is 4.68. The Morgan fingerprint density at radius 2 is 2.05 bits per heavy atom. The summed E-state index contributed by atoms with van der Waals surface area (Å²) >= 11 is 3.59. The number of nitrogens with one attached hydrogen (secondary N) is 1. The van der Waals surface area contributed by atoms with Crippen LogP contribution in [-0.2, 0) is 0 Å². The van der Waals surface area contributed by atoms with Gasteiger partial charge >= 0.3 is 0 Å². The Morgan fingerprint density at radius 1 is 1.37 bits per heavy atom. The van der Waals surface area contributed by atoms with Crippen molar-refractivity contribution in [2.24, 2.45) is 0 Å². The van der Waals surface area contributed by atoms with Crippen LogP contribution < -0.4 is 10.2 Å². The highest BCUT2D eigenvalue weighted by Crippen LogP contribution is 2.31. The Kier molecular flexibility index (Phi) is 3.85. The molecule has 104 valence electrons. The Bertz CT molecular complexity index is 517. The van der Waals surface area contributed by atoms with Gasteiger partial charge in [-0.15, -0.1) is 0 Å². The highest BCUT2D eigenvalue weighted by atomic mass is 79.9. The van der Waals surface area contributed by atoms with Crippen molar-refractivity contribution in [1.82, 2.24) is 9.97 Å². The number of fused-ring (bicyclic) bond motifs is 1. The summed E-state index contributed by atoms with van der Waals surface area (Å²) in [5, 5.41) is 3.35. The molecule has 0 spiro atoms. The van der Waals surface area contributed by atoms with Crippen LogP contribution in [0.2, 0.25) is 0 Å². The van der Waals surface area contributed by atoms with Gasteiger partial charge in [0.25, 0.3) is 0 Å². The van der Waals surface area contributed by atoms with Gasteiger partial charge in [-0.05, 0) is 40.7 Å². The van der Waals surface area contributed by atoms with Crippen molar-refractivity contribution < 1.29 is 0 Å². The molecule has 5 heteroatoms. The summed E-state index contributed by atoms with van der Waals surface area (Å²) in [5.41, 5.74) is 2.08. The zero-order valence-corrected chi connectivity index (χ0v) is 13.8. The fraction of sp³-hybridized carbons (Fsp3) is 0.571. The molecule has 1 aliphatic rings. The van der Waals surface area contributed by atoms with Gasteiger partial charge in [0, 0.05) is 22.1 Å². The first kappa shape index (κ1) is 14.3. The molecule has 0 amide bonds. The highest BCUT2D eigenvalue weighted by molar-refractivity contribution is 9.11. The van der Waals surface area contributed by atoms with Crippen LogP contribution in [0.3, 0.4) is 0 Å². The fourth-order valence-electron chi connectivity index (χ4n) is 2.09. The maximum atomic E-state index is 4.68. The van der Waals surface area contributed by atoms with Gasteiger partial charge in [0.15, 0.2) is 0 Å². The van der Waals surface area contributed by atoms with Gasteiger partial charge in [-0.3, -0.25) is 0 Å². The third-order valence-electron chi connectivity index (χ3n) is 2.93. The van der Waals surface area contributed by atoms with Crippen molar-refractivity contribution >= 4 is 33.8 Å². The first-order valence-electron chi connectivity index (χ1n) is 6.58. The summed E-state index contributed by atoms with van der Waals surface area (Å²) < 4.78 is 1.17. The standard InChI is InChI=1S/C14H21BrN4/c1-6-19-8-10(15)7-11-9(2)16-13(17-12(11)19)18-14(3,4)5/h7H,6,8H2,1-5H3,(H,16,17,18). The van der Waals surface area contributed by atoms with E-state index in [0.717, 1.165) is 30.2 Å². The molecule has 0 saturated carbocycles. The predicted molar refractivity (Wildman–Crippen MR) is 84.9 cm³/mol. The zero-order valence-electron chi connectivity index (χ0n) is 12.2. The molecule has 2 heterocycles. The van der Waals surface area contributed by atoms with Crippen LogP contribution in [-0.4, -0.2) is 28.6 Å². The topological polar surface area (TPSA) is 41.1 Å². The first-order chi connectivity index (χ1) is 8.80. The van der Waals surface area contributed by atoms with Crippen LogP contribution in [0.1, 0.15) is 39.0 Å². The van der Waals surface area contributed by atoms with E-state index in [0.29, 0.717) is 5.95 Å². The number of hydrogen-bond acceptors (Lipinski definition) is 4. The molecule has 0 fully saturated rings. The summed E-state index contributed by atoms with van der Waals surface area (Å²) in [6, 6.07) is 0. The first-order valence-corrected chi connectivity index (χ1v) is 7.37. The normalized spacial score (nSPS) is 15.1. The number of hydrogen-bond donors (Lipinski definition) is 1. The second-order valence-electron chi connectivity index (χ2n) is 5.85. The summed E-state index contributed by atoms with van der Waals surface area (Å²) in [5.74, 6) is 1.72. The molecule has 4 nitrogen and oxygen atoms in total. The average Bonchev–Trinajstić information content (AvgIpc) is 2.27. The number of aryl methyl sites for hydroxylation is 1. The second kappa shape index (κ2) is 5.12. The molecule has 0 aromatic carbocycles. The van der Waals surface area contributed by atoms with Gasteiger partial charge in [0.1, 0.15) is 5.82 Å². The lowest BCUT2D eigenvalue weighted by Gasteiger charge is -2.29. The Balaban J connectivity index is 2.47. The quantitative estimate of drug-likeness (QED) is 0.902. The number of nitrogens with zero attached hydrogens (tertiary/aromatic N) is 3. The minimum Gasteiger partial charge on any atom is -0.351 e. The van der Waals surface area contributed by atoms with Crippen LogP contribution >= 0.6 is 15.9 Å². The van der Waals surface area contributed by atoms with Gasteiger partial charge in [0.05, 0.1) is 12.2 Å². The number of rotatable bonds is 2. The molecule has 0 unspecified atom stereocenters. The molecule has 0 atom stereocenters. The summed E-state index contributed by atoms with van der Waals surface area (Å²) in [6.45, 7) is 12.3. The van der Waals surface area contributed by atoms with E-state index in [1.807, 2.05) is 6.92 Å². The van der Waals surface area contributed by atoms with E-state index in [2.05, 4.69) is 69.9 Å². The number of aromatic nitrogens is 2. The van der Waals surface area contributed by atoms with Crippen LogP contribution in [0.5, 0.6) is 0 Å². The van der Waals surface area contributed by atoms with Crippen molar-refractivity contribution in [3.63, 3.8) is 0 Å². The molecule has 0 aliphatic carbocycles. The van der Waals surface area contributed by atoms with Crippen LogP contribution in [0.4, 0.5) is 11.8 Å². The number of likely N-dealkylation sites (N-methyl/N-ethyl adjacent to an activating group) is 1. The van der Waals surface area contributed by atoms with Crippen molar-refractivity contribution in [2.45, 2.75) is 40.2 Å². The number of halogens is 1. The minimum absolute atomic E-state index is 0.0389. The molecule has 0 radical (unpaired) electrons. The monoisotopic (exact) mass is 324 g/mol. The SMILES string of the molecule is CCN1CC(Br)=Cc2c(C)nc(NC(C)(C)C)nc21. The van der Waals surface area contributed by atoms with Gasteiger partial charge < -0.3 is 10.2 Å². The minimum atomic E-state index is -0.0389. The fourth-order valence-corrected chi connectivity index (χ4v) is 2.62. The van der Waals surface area contributed by atoms with Crippen molar-refractivity contribution in [2.75, 3.05) is 23.3 Å². The molecule has 1 aliphatic heterocycles. The Morgan fingerprint density at radius 3 is 2.63 bits per heavy atom. The van der Waals surface area contributed by atoms with E-state index in [4.69, 9.17) is 0 Å². The summed E-state index contributed by atoms with van der Waals surface area (Å²) in [4.78, 5) is 11.5. The predicted octanol–water partition coefficient (Wildman–Crippen LogP) is 3.57. The Hall–Kier alpha value is -1.10. The molecular formula is C14H21BrN4. The second-order valence-corrected chi connectivity index (χ2v) is 6.87. The smallest absolute Gasteiger partial charge is 0.225 e. The average molecular weight is 325 g/mol. The largest absolute Gasteiger partial charge is 0.351 e. The lowest BCUT2D eigenvalue weighted by atomic mass is 10.1. The van der Waals surface area contributed by atoms with E-state index in [9.17, 15) is 0 Å². The molecule has 0 saturated heterocycles. The Labute approximate surface area is 123 Å². The molecular weight excluding hydrogens is 304 g/mol. The van der Waals surface area contributed by atoms with Crippen molar-refractivity contribution in [3.8, 4) is 0 Å². The maximum Gasteiger partial charge on any atom is 0.225 e. The number of anilines is 2. The van der Waals surface area contributed by atoms with E-state index >= 15 is 0 Å². The van der Waals surface area contributed by atoms with Crippen LogP contribution in [0, 0.1) is 6.92 Å². The molecule has 19 heavy (non-hydrogen) atoms. The van der Waals surface area contributed by atoms with E-state index in [1.165, 1.54) is 4.48 Å². The van der Waals surface area contributed by atoms with Gasteiger partial charge in [0.2, 0.25) is 5.95 Å². The molecule has 0 bridgehead atoms. The third-order valence-corrected chi connectivity index (χ3v) is 3.41. The molecule has 2 rings (SSSR count). The van der Waals surface area contributed by atoms with Gasteiger partial charge in [-0.1, -0.05) is 15.9 Å². The molecule has 1 aromatic rings. The summed E-state index contributed by atoms with van der Waals surface area (Å²) in [7, 11) is 0. The van der Waals surface area contributed by atoms with Crippen molar-refractivity contribution in [1.29, 1.82) is 0 Å². The summed E-state index contributed by atoms with van der Waals surface area (Å²) in [6.07, 6.45) is 2.12. The lowest BCUT2D eigenvalue weighted by molar-refractivity contribution is 0.625. The van der Waals surface area contributed by atoms with E-state index in [-0.39, 0.29) is 5.54 Å². The lowest BCUT2D eigenvalue weighted by Crippen LogP contribution is -2.31. The van der Waals surface area contributed by atoms with E-state index < -0.39 is 0 Å². The third kappa shape index (κ3) is 3.26. The van der Waals surface area contributed by atoms with Gasteiger partial charge in [-0.25, -0.2) is 4.98 Å². The van der Waals surface area contributed by atoms with E-state index in [1.54, 1.807) is 0 Å². The molecule has 1 aromatic heterocycles. The zero-order chi connectivity index (χ0) is 14.2. The molecule has 1 N–H and O–H groups in total.